The Hall–Kier alpha value is -5.03. The highest BCUT2D eigenvalue weighted by Gasteiger charge is 2.27. The lowest BCUT2D eigenvalue weighted by molar-refractivity contribution is 0.208. The van der Waals surface area contributed by atoms with E-state index in [1.54, 1.807) is 38.5 Å². The van der Waals surface area contributed by atoms with Crippen molar-refractivity contribution in [3.63, 3.8) is 0 Å². The third-order valence-corrected chi connectivity index (χ3v) is 6.51. The van der Waals surface area contributed by atoms with E-state index in [0.717, 1.165) is 17.7 Å². The van der Waals surface area contributed by atoms with Crippen molar-refractivity contribution in [2.45, 2.75) is 13.8 Å². The molecule has 1 heterocycles. The van der Waals surface area contributed by atoms with Crippen LogP contribution in [0.3, 0.4) is 0 Å². The predicted molar refractivity (Wildman–Crippen MR) is 166 cm³/mol. The van der Waals surface area contributed by atoms with E-state index in [4.69, 9.17) is 23.7 Å². The van der Waals surface area contributed by atoms with Crippen molar-refractivity contribution >= 4 is 29.1 Å². The van der Waals surface area contributed by atoms with E-state index in [9.17, 15) is 4.79 Å². The molecular formula is C32H37N5O6. The Bertz CT molecular complexity index is 1540. The average molecular weight is 588 g/mol. The van der Waals surface area contributed by atoms with Crippen LogP contribution < -0.4 is 33.9 Å². The molecule has 1 N–H and O–H groups in total. The smallest absolute Gasteiger partial charge is 0.425 e. The first-order chi connectivity index (χ1) is 20.7. The number of aromatic nitrogens is 2. The van der Waals surface area contributed by atoms with Gasteiger partial charge < -0.3 is 33.9 Å². The Balaban J connectivity index is 1.60. The van der Waals surface area contributed by atoms with Crippen LogP contribution in [0.25, 0.3) is 0 Å². The molecule has 0 radical (unpaired) electrons. The number of anilines is 4. The SMILES string of the molecule is COc1ccc(N(C(=O)Oc2ccnc(Nc3ccc(OCCN(C)C)c(OC)c3)n2)c2c(C)cccc2C)c(OC)c1. The Morgan fingerprint density at radius 1 is 0.860 bits per heavy atom. The highest BCUT2D eigenvalue weighted by molar-refractivity contribution is 6.00. The fraction of sp³-hybridized carbons (Fsp3) is 0.281. The van der Waals surface area contributed by atoms with Gasteiger partial charge in [-0.3, -0.25) is 0 Å². The standard InChI is InChI=1S/C32H37N5O6/c1-21-9-8-10-22(2)30(21)37(25-13-12-24(39-5)20-27(25)40-6)32(38)43-29-15-16-33-31(35-29)34-23-11-14-26(28(19-23)41-7)42-18-17-36(3)4/h8-16,19-20H,17-18H2,1-7H3,(H,33,34,35). The largest absolute Gasteiger partial charge is 0.497 e. The molecule has 0 bridgehead atoms. The van der Waals surface area contributed by atoms with Crippen molar-refractivity contribution < 1.29 is 28.5 Å². The summed E-state index contributed by atoms with van der Waals surface area (Å²) in [5.41, 5.74) is 3.58. The van der Waals surface area contributed by atoms with Gasteiger partial charge in [-0.05, 0) is 63.3 Å². The molecule has 0 fully saturated rings. The second-order valence-corrected chi connectivity index (χ2v) is 9.84. The van der Waals surface area contributed by atoms with Crippen molar-refractivity contribution in [3.8, 4) is 28.9 Å². The Morgan fingerprint density at radius 2 is 1.60 bits per heavy atom. The number of ether oxygens (including phenoxy) is 5. The molecule has 4 rings (SSSR count). The van der Waals surface area contributed by atoms with Gasteiger partial charge in [-0.2, -0.15) is 4.98 Å². The number of likely N-dealkylation sites (N-methyl/N-ethyl adjacent to an activating group) is 1. The minimum absolute atomic E-state index is 0.0572. The summed E-state index contributed by atoms with van der Waals surface area (Å²) in [4.78, 5) is 26.1. The van der Waals surface area contributed by atoms with Crippen LogP contribution in [-0.4, -0.2) is 69.5 Å². The topological polar surface area (TPSA) is 108 Å². The second kappa shape index (κ2) is 14.2. The van der Waals surface area contributed by atoms with Gasteiger partial charge in [0.15, 0.2) is 11.5 Å². The number of carbonyl (C=O) groups excluding carboxylic acids is 1. The minimum atomic E-state index is -0.675. The molecule has 0 aliphatic rings. The molecular weight excluding hydrogens is 550 g/mol. The Kier molecular flexibility index (Phi) is 10.2. The molecule has 1 amide bonds. The molecule has 0 saturated heterocycles. The minimum Gasteiger partial charge on any atom is -0.497 e. The second-order valence-electron chi connectivity index (χ2n) is 9.84. The van der Waals surface area contributed by atoms with Gasteiger partial charge in [-0.15, -0.1) is 0 Å². The average Bonchev–Trinajstić information content (AvgIpc) is 2.99. The van der Waals surface area contributed by atoms with Gasteiger partial charge in [0, 0.05) is 36.6 Å². The normalized spacial score (nSPS) is 10.7. The highest BCUT2D eigenvalue weighted by Crippen LogP contribution is 2.40. The fourth-order valence-corrected chi connectivity index (χ4v) is 4.36. The van der Waals surface area contributed by atoms with Gasteiger partial charge in [-0.25, -0.2) is 14.7 Å². The number of hydrogen-bond donors (Lipinski definition) is 1. The summed E-state index contributed by atoms with van der Waals surface area (Å²) in [5.74, 6) is 2.50. The van der Waals surface area contributed by atoms with Crippen LogP contribution in [0, 0.1) is 13.8 Å². The maximum absolute atomic E-state index is 13.9. The fourth-order valence-electron chi connectivity index (χ4n) is 4.36. The van der Waals surface area contributed by atoms with Crippen LogP contribution in [0.15, 0.2) is 66.9 Å². The van der Waals surface area contributed by atoms with Crippen LogP contribution in [0.2, 0.25) is 0 Å². The number of carbonyl (C=O) groups is 1. The van der Waals surface area contributed by atoms with Crippen molar-refractivity contribution in [2.75, 3.05) is 58.8 Å². The zero-order valence-corrected chi connectivity index (χ0v) is 25.5. The zero-order chi connectivity index (χ0) is 30.9. The molecule has 11 nitrogen and oxygen atoms in total. The lowest BCUT2D eigenvalue weighted by Gasteiger charge is -2.27. The van der Waals surface area contributed by atoms with E-state index in [1.807, 2.05) is 63.2 Å². The molecule has 4 aromatic rings. The van der Waals surface area contributed by atoms with E-state index in [0.29, 0.717) is 46.7 Å². The number of nitrogens with one attached hydrogen (secondary N) is 1. The number of rotatable bonds is 12. The lowest BCUT2D eigenvalue weighted by Crippen LogP contribution is -2.31. The molecule has 0 aliphatic carbocycles. The number of hydrogen-bond acceptors (Lipinski definition) is 10. The summed E-state index contributed by atoms with van der Waals surface area (Å²) < 4.78 is 28.2. The van der Waals surface area contributed by atoms with Crippen molar-refractivity contribution in [2.24, 2.45) is 0 Å². The molecule has 0 spiro atoms. The maximum Gasteiger partial charge on any atom is 0.425 e. The maximum atomic E-state index is 13.9. The van der Waals surface area contributed by atoms with E-state index >= 15 is 0 Å². The lowest BCUT2D eigenvalue weighted by atomic mass is 10.1. The zero-order valence-electron chi connectivity index (χ0n) is 25.5. The molecule has 11 heteroatoms. The quantitative estimate of drug-likeness (QED) is 0.208. The first-order valence-corrected chi connectivity index (χ1v) is 13.6. The third kappa shape index (κ3) is 7.63. The van der Waals surface area contributed by atoms with E-state index in [2.05, 4.69) is 15.3 Å². The van der Waals surface area contributed by atoms with Gasteiger partial charge in [0.2, 0.25) is 11.8 Å². The van der Waals surface area contributed by atoms with Crippen LogP contribution in [0.1, 0.15) is 11.1 Å². The molecule has 43 heavy (non-hydrogen) atoms. The van der Waals surface area contributed by atoms with Crippen molar-refractivity contribution in [1.82, 2.24) is 14.9 Å². The predicted octanol–water partition coefficient (Wildman–Crippen LogP) is 6.14. The molecule has 0 atom stereocenters. The van der Waals surface area contributed by atoms with Crippen molar-refractivity contribution in [3.05, 3.63) is 78.0 Å². The van der Waals surface area contributed by atoms with Gasteiger partial charge >= 0.3 is 6.09 Å². The molecule has 1 aromatic heterocycles. The van der Waals surface area contributed by atoms with Crippen LogP contribution in [0.4, 0.5) is 27.8 Å². The van der Waals surface area contributed by atoms with Gasteiger partial charge in [-0.1, -0.05) is 18.2 Å². The first-order valence-electron chi connectivity index (χ1n) is 13.6. The third-order valence-electron chi connectivity index (χ3n) is 6.51. The van der Waals surface area contributed by atoms with E-state index in [-0.39, 0.29) is 11.8 Å². The first kappa shape index (κ1) is 30.9. The number of amides is 1. The number of benzene rings is 3. The van der Waals surface area contributed by atoms with Crippen LogP contribution in [0.5, 0.6) is 28.9 Å². The van der Waals surface area contributed by atoms with Crippen LogP contribution >= 0.6 is 0 Å². The number of aryl methyl sites for hydroxylation is 2. The summed E-state index contributed by atoms with van der Waals surface area (Å²) in [5, 5.41) is 3.13. The molecule has 3 aromatic carbocycles. The number of nitrogens with zero attached hydrogens (tertiary/aromatic N) is 4. The van der Waals surface area contributed by atoms with Gasteiger partial charge in [0.25, 0.3) is 0 Å². The summed E-state index contributed by atoms with van der Waals surface area (Å²) in [7, 11) is 8.64. The summed E-state index contributed by atoms with van der Waals surface area (Å²) in [6.07, 6.45) is 0.831. The number of methoxy groups -OCH3 is 3. The van der Waals surface area contributed by atoms with Crippen molar-refractivity contribution in [1.29, 1.82) is 0 Å². The Morgan fingerprint density at radius 3 is 2.28 bits per heavy atom. The highest BCUT2D eigenvalue weighted by atomic mass is 16.6. The van der Waals surface area contributed by atoms with Gasteiger partial charge in [0.05, 0.1) is 32.7 Å². The van der Waals surface area contributed by atoms with Gasteiger partial charge in [0.1, 0.15) is 18.1 Å². The molecule has 0 unspecified atom stereocenters. The van der Waals surface area contributed by atoms with E-state index < -0.39 is 6.09 Å². The number of para-hydroxylation sites is 1. The summed E-state index contributed by atoms with van der Waals surface area (Å²) in [6.45, 7) is 5.15. The summed E-state index contributed by atoms with van der Waals surface area (Å²) in [6, 6.07) is 17.9. The monoisotopic (exact) mass is 587 g/mol. The molecule has 0 saturated carbocycles. The molecule has 226 valence electrons. The van der Waals surface area contributed by atoms with Crippen LogP contribution in [-0.2, 0) is 0 Å². The Labute approximate surface area is 251 Å². The summed E-state index contributed by atoms with van der Waals surface area (Å²) >= 11 is 0. The van der Waals surface area contributed by atoms with E-state index in [1.165, 1.54) is 24.3 Å². The molecule has 0 aliphatic heterocycles.